The van der Waals surface area contributed by atoms with Gasteiger partial charge in [-0.2, -0.15) is 5.26 Å². The van der Waals surface area contributed by atoms with Crippen LogP contribution in [0, 0.1) is 23.2 Å². The second-order valence-electron chi connectivity index (χ2n) is 10.0. The lowest BCUT2D eigenvalue weighted by Gasteiger charge is -2.31. The molecule has 0 aliphatic carbocycles. The van der Waals surface area contributed by atoms with Crippen LogP contribution in [0.25, 0.3) is 10.8 Å². The minimum Gasteiger partial charge on any atom is -0.497 e. The molecule has 0 saturated carbocycles. The fourth-order valence-electron chi connectivity index (χ4n) is 6.44. The predicted molar refractivity (Wildman–Crippen MR) is 138 cm³/mol. The smallest absolute Gasteiger partial charge is 0.240 e. The number of anilines is 1. The molecular weight excluding hydrogens is 472 g/mol. The molecule has 3 saturated heterocycles. The molecule has 182 valence electrons. The van der Waals surface area contributed by atoms with Crippen LogP contribution in [-0.2, 0) is 14.3 Å². The highest BCUT2D eigenvalue weighted by Gasteiger charge is 2.73. The molecule has 4 atom stereocenters. The zero-order chi connectivity index (χ0) is 25.1. The number of amides is 2. The van der Waals surface area contributed by atoms with E-state index in [1.165, 1.54) is 4.90 Å². The Morgan fingerprint density at radius 1 is 1.03 bits per heavy atom. The molecule has 3 aromatic carbocycles. The summed E-state index contributed by atoms with van der Waals surface area (Å²) in [5.74, 6) is 0.252. The number of nitrogens with zero attached hydrogens (tertiary/aromatic N) is 2. The number of carbonyl (C=O) groups excluding carboxylic acids is 2. The van der Waals surface area contributed by atoms with Crippen molar-refractivity contribution in [3.63, 3.8) is 0 Å². The van der Waals surface area contributed by atoms with Gasteiger partial charge in [-0.25, -0.2) is 4.90 Å². The third kappa shape index (κ3) is 3.28. The van der Waals surface area contributed by atoms with E-state index in [4.69, 9.17) is 9.47 Å². The third-order valence-electron chi connectivity index (χ3n) is 8.13. The van der Waals surface area contributed by atoms with E-state index in [9.17, 15) is 14.9 Å². The summed E-state index contributed by atoms with van der Waals surface area (Å²) in [6.07, 6.45) is 2.23. The van der Waals surface area contributed by atoms with Gasteiger partial charge in [0.05, 0.1) is 47.5 Å². The summed E-state index contributed by atoms with van der Waals surface area (Å²) >= 11 is 1.72. The van der Waals surface area contributed by atoms with E-state index < -0.39 is 23.0 Å². The van der Waals surface area contributed by atoms with Gasteiger partial charge in [0.25, 0.3) is 0 Å². The largest absolute Gasteiger partial charge is 0.497 e. The van der Waals surface area contributed by atoms with E-state index in [1.807, 2.05) is 55.5 Å². The van der Waals surface area contributed by atoms with Gasteiger partial charge in [0, 0.05) is 21.4 Å². The van der Waals surface area contributed by atoms with Gasteiger partial charge in [-0.1, -0.05) is 24.3 Å². The number of carbonyl (C=O) groups is 2. The fraction of sp³-hybridized carbons (Fsp3) is 0.345. The molecule has 3 fully saturated rings. The minimum atomic E-state index is -0.640. The van der Waals surface area contributed by atoms with Gasteiger partial charge in [-0.3, -0.25) is 9.59 Å². The molecular formula is C29H26N2O4S. The van der Waals surface area contributed by atoms with Gasteiger partial charge in [0.15, 0.2) is 0 Å². The highest BCUT2D eigenvalue weighted by Crippen LogP contribution is 2.62. The fourth-order valence-corrected chi connectivity index (χ4v) is 7.45. The minimum absolute atomic E-state index is 0.183. The number of nitriles is 1. The molecule has 0 aromatic heterocycles. The average Bonchev–Trinajstić information content (AvgIpc) is 3.48. The molecule has 3 aliphatic heterocycles. The molecule has 3 heterocycles. The van der Waals surface area contributed by atoms with Crippen LogP contribution < -0.4 is 9.64 Å². The van der Waals surface area contributed by atoms with Crippen LogP contribution in [0.4, 0.5) is 5.69 Å². The van der Waals surface area contributed by atoms with Crippen LogP contribution in [0.1, 0.15) is 31.7 Å². The summed E-state index contributed by atoms with van der Waals surface area (Å²) in [6.45, 7) is 1.99. The number of imide groups is 1. The number of methoxy groups -OCH3 is 1. The lowest BCUT2D eigenvalue weighted by atomic mass is 9.67. The molecule has 0 spiro atoms. The Labute approximate surface area is 214 Å². The molecule has 6 nitrogen and oxygen atoms in total. The SMILES string of the molecule is COc1ccc(SCCC23CCC(C)(O2)C2C(=O)N(c4ccc(C#N)c5ccccc45)C(=O)C23)cc1. The molecule has 0 radical (unpaired) electrons. The maximum absolute atomic E-state index is 14.0. The predicted octanol–water partition coefficient (Wildman–Crippen LogP) is 5.33. The Hall–Kier alpha value is -3.34. The summed E-state index contributed by atoms with van der Waals surface area (Å²) < 4.78 is 11.8. The van der Waals surface area contributed by atoms with Crippen LogP contribution in [-0.4, -0.2) is 35.9 Å². The highest BCUT2D eigenvalue weighted by molar-refractivity contribution is 7.99. The van der Waals surface area contributed by atoms with Crippen molar-refractivity contribution in [3.05, 3.63) is 66.2 Å². The summed E-state index contributed by atoms with van der Waals surface area (Å²) in [7, 11) is 1.65. The van der Waals surface area contributed by atoms with Crippen molar-refractivity contribution < 1.29 is 19.1 Å². The van der Waals surface area contributed by atoms with E-state index >= 15 is 0 Å². The third-order valence-corrected chi connectivity index (χ3v) is 9.14. The number of thioether (sulfide) groups is 1. The molecule has 2 amide bonds. The molecule has 2 bridgehead atoms. The second-order valence-corrected chi connectivity index (χ2v) is 11.2. The maximum Gasteiger partial charge on any atom is 0.240 e. The Kier molecular flexibility index (Phi) is 5.36. The van der Waals surface area contributed by atoms with Gasteiger partial charge < -0.3 is 9.47 Å². The Morgan fingerprint density at radius 2 is 1.75 bits per heavy atom. The van der Waals surface area contributed by atoms with Crippen molar-refractivity contribution in [2.24, 2.45) is 11.8 Å². The van der Waals surface area contributed by atoms with E-state index in [-0.39, 0.29) is 11.8 Å². The van der Waals surface area contributed by atoms with Crippen molar-refractivity contribution in [1.82, 2.24) is 0 Å². The number of ether oxygens (including phenoxy) is 2. The Morgan fingerprint density at radius 3 is 2.47 bits per heavy atom. The Balaban J connectivity index is 1.31. The summed E-state index contributed by atoms with van der Waals surface area (Å²) in [4.78, 5) is 30.3. The molecule has 4 unspecified atom stereocenters. The van der Waals surface area contributed by atoms with E-state index in [2.05, 4.69) is 6.07 Å². The maximum atomic E-state index is 14.0. The monoisotopic (exact) mass is 498 g/mol. The van der Waals surface area contributed by atoms with E-state index in [0.29, 0.717) is 17.7 Å². The van der Waals surface area contributed by atoms with Crippen molar-refractivity contribution in [1.29, 1.82) is 5.26 Å². The molecule has 7 heteroatoms. The standard InChI is InChI=1S/C29H26N2O4S/c1-28-13-14-29(35-28,15-16-36-20-10-8-19(34-2)9-11-20)25-24(28)26(32)31(27(25)33)23-12-7-18(17-30)21-5-3-4-6-22(21)23/h3-12,24-25H,13-16H2,1-2H3. The first-order chi connectivity index (χ1) is 17.4. The molecule has 0 N–H and O–H groups in total. The van der Waals surface area contributed by atoms with Gasteiger partial charge in [0.2, 0.25) is 11.8 Å². The average molecular weight is 499 g/mol. The topological polar surface area (TPSA) is 79.6 Å². The summed E-state index contributed by atoms with van der Waals surface area (Å²) in [6, 6.07) is 21.0. The number of fused-ring (bicyclic) bond motifs is 6. The van der Waals surface area contributed by atoms with Gasteiger partial charge >= 0.3 is 0 Å². The van der Waals surface area contributed by atoms with Crippen molar-refractivity contribution in [2.45, 2.75) is 42.3 Å². The normalized spacial score (nSPS) is 28.5. The van der Waals surface area contributed by atoms with Crippen LogP contribution in [0.15, 0.2) is 65.6 Å². The molecule has 6 rings (SSSR count). The Bertz CT molecular complexity index is 1430. The quantitative estimate of drug-likeness (QED) is 0.338. The van der Waals surface area contributed by atoms with Crippen LogP contribution >= 0.6 is 11.8 Å². The molecule has 36 heavy (non-hydrogen) atoms. The van der Waals surface area contributed by atoms with Crippen molar-refractivity contribution >= 4 is 40.0 Å². The van der Waals surface area contributed by atoms with E-state index in [1.54, 1.807) is 31.0 Å². The number of rotatable bonds is 6. The number of hydrogen-bond donors (Lipinski definition) is 0. The van der Waals surface area contributed by atoms with Crippen molar-refractivity contribution in [2.75, 3.05) is 17.8 Å². The zero-order valence-electron chi connectivity index (χ0n) is 20.2. The molecule has 3 aromatic rings. The van der Waals surface area contributed by atoms with Gasteiger partial charge in [-0.15, -0.1) is 11.8 Å². The van der Waals surface area contributed by atoms with E-state index in [0.717, 1.165) is 40.0 Å². The highest BCUT2D eigenvalue weighted by atomic mass is 32.2. The number of benzene rings is 3. The van der Waals surface area contributed by atoms with Crippen LogP contribution in [0.5, 0.6) is 5.75 Å². The summed E-state index contributed by atoms with van der Waals surface area (Å²) in [5, 5.41) is 11.0. The van der Waals surface area contributed by atoms with Gasteiger partial charge in [-0.05, 0) is 62.6 Å². The first-order valence-corrected chi connectivity index (χ1v) is 13.2. The first kappa shape index (κ1) is 23.1. The molecule has 3 aliphatic rings. The van der Waals surface area contributed by atoms with Crippen molar-refractivity contribution in [3.8, 4) is 11.8 Å². The first-order valence-electron chi connectivity index (χ1n) is 12.2. The van der Waals surface area contributed by atoms with Gasteiger partial charge in [0.1, 0.15) is 5.75 Å². The van der Waals surface area contributed by atoms with Crippen LogP contribution in [0.2, 0.25) is 0 Å². The summed E-state index contributed by atoms with van der Waals surface area (Å²) in [5.41, 5.74) is -0.196. The zero-order valence-corrected chi connectivity index (χ0v) is 21.0. The second kappa shape index (κ2) is 8.36. The lowest BCUT2D eigenvalue weighted by Crippen LogP contribution is -2.42. The van der Waals surface area contributed by atoms with Crippen LogP contribution in [0.3, 0.4) is 0 Å². The number of hydrogen-bond acceptors (Lipinski definition) is 6. The lowest BCUT2D eigenvalue weighted by molar-refractivity contribution is -0.130.